The Morgan fingerprint density at radius 2 is 2.30 bits per heavy atom. The Morgan fingerprint density at radius 3 is 2.70 bits per heavy atom. The van der Waals surface area contributed by atoms with Gasteiger partial charge in [0, 0.05) is 17.8 Å². The maximum Gasteiger partial charge on any atom is 0.304 e. The van der Waals surface area contributed by atoms with Gasteiger partial charge >= 0.3 is 5.97 Å². The smallest absolute Gasteiger partial charge is 0.304 e. The summed E-state index contributed by atoms with van der Waals surface area (Å²) in [5.74, 6) is -0.981. The van der Waals surface area contributed by atoms with E-state index >= 15 is 0 Å². The highest BCUT2D eigenvalue weighted by molar-refractivity contribution is 7.76. The minimum Gasteiger partial charge on any atom is -0.759 e. The van der Waals surface area contributed by atoms with Gasteiger partial charge in [0.15, 0.2) is 0 Å². The Kier molecular flexibility index (Phi) is 5.03. The van der Waals surface area contributed by atoms with Crippen LogP contribution in [0.1, 0.15) is 6.42 Å². The van der Waals surface area contributed by atoms with E-state index in [1.54, 1.807) is 4.83 Å². The summed E-state index contributed by atoms with van der Waals surface area (Å²) in [5, 5.41) is 8.06. The molecule has 0 aromatic heterocycles. The lowest BCUT2D eigenvalue weighted by Gasteiger charge is -2.06. The van der Waals surface area contributed by atoms with Crippen LogP contribution in [0, 0.1) is 0 Å². The minimum atomic E-state index is -2.38. The van der Waals surface area contributed by atoms with E-state index in [-0.39, 0.29) is 13.0 Å². The monoisotopic (exact) mass is 167 g/mol. The lowest BCUT2D eigenvalue weighted by Crippen LogP contribution is -2.34. The highest BCUT2D eigenvalue weighted by Gasteiger charge is 1.93. The van der Waals surface area contributed by atoms with Crippen LogP contribution in [0.5, 0.6) is 0 Å². The molecule has 1 atom stereocenters. The second-order valence-electron chi connectivity index (χ2n) is 1.41. The van der Waals surface area contributed by atoms with Crippen LogP contribution in [0.4, 0.5) is 0 Å². The summed E-state index contributed by atoms with van der Waals surface area (Å²) in [6.45, 7) is 0.0727. The second kappa shape index (κ2) is 5.30. The zero-order chi connectivity index (χ0) is 7.98. The van der Waals surface area contributed by atoms with Gasteiger partial charge < -0.3 is 9.66 Å². The van der Waals surface area contributed by atoms with Crippen molar-refractivity contribution < 1.29 is 18.7 Å². The van der Waals surface area contributed by atoms with Crippen LogP contribution in [-0.4, -0.2) is 26.4 Å². The van der Waals surface area contributed by atoms with Crippen molar-refractivity contribution in [1.29, 1.82) is 0 Å². The predicted molar refractivity (Wildman–Crippen MR) is 32.3 cm³/mol. The summed E-state index contributed by atoms with van der Waals surface area (Å²) in [6, 6.07) is 0. The van der Waals surface area contributed by atoms with Crippen LogP contribution in [0.2, 0.25) is 0 Å². The molecule has 0 aliphatic carbocycles. The van der Waals surface area contributed by atoms with Crippen LogP contribution in [0.3, 0.4) is 0 Å². The van der Waals surface area contributed by atoms with Gasteiger partial charge in [-0.15, -0.1) is 0 Å². The van der Waals surface area contributed by atoms with Crippen molar-refractivity contribution in [3.8, 4) is 0 Å². The molecule has 0 aromatic rings. The summed E-state index contributed by atoms with van der Waals surface area (Å²) in [6.07, 6.45) is -0.121. The number of hydrazine groups is 1. The number of nitrogens with one attached hydrogen (secondary N) is 2. The zero-order valence-electron chi connectivity index (χ0n) is 4.99. The lowest BCUT2D eigenvalue weighted by molar-refractivity contribution is -0.136. The average molecular weight is 167 g/mol. The molecular weight excluding hydrogens is 160 g/mol. The van der Waals surface area contributed by atoms with Crippen molar-refractivity contribution in [2.24, 2.45) is 0 Å². The Hall–Kier alpha value is -0.500. The minimum absolute atomic E-state index is 0.0727. The van der Waals surface area contributed by atoms with E-state index in [4.69, 9.17) is 5.11 Å². The molecule has 0 saturated heterocycles. The Bertz CT molecular complexity index is 122. The van der Waals surface area contributed by atoms with Crippen LogP contribution in [-0.2, 0) is 16.1 Å². The topological polar surface area (TPSA) is 101 Å². The fourth-order valence-electron chi connectivity index (χ4n) is 0.279. The number of carboxylic acids is 1. The van der Waals surface area contributed by atoms with Gasteiger partial charge in [-0.1, -0.05) is 0 Å². The standard InChI is InChI=1S/C3H8N2O4S/c6-3(7)1-2-4-5-10(8)9/h4-5H,1-2H2,(H,6,7)(H,8,9)/p-1. The van der Waals surface area contributed by atoms with Crippen molar-refractivity contribution in [2.45, 2.75) is 6.42 Å². The van der Waals surface area contributed by atoms with Gasteiger partial charge in [0.25, 0.3) is 0 Å². The fraction of sp³-hybridized carbons (Fsp3) is 0.667. The van der Waals surface area contributed by atoms with Crippen molar-refractivity contribution in [3.05, 3.63) is 0 Å². The molecule has 1 unspecified atom stereocenters. The molecule has 0 bridgehead atoms. The van der Waals surface area contributed by atoms with Crippen LogP contribution >= 0.6 is 0 Å². The van der Waals surface area contributed by atoms with Gasteiger partial charge in [0.2, 0.25) is 0 Å². The molecule has 10 heavy (non-hydrogen) atoms. The number of carboxylic acid groups (broad SMARTS) is 1. The van der Waals surface area contributed by atoms with E-state index < -0.39 is 17.2 Å². The summed E-state index contributed by atoms with van der Waals surface area (Å²) < 4.78 is 19.4. The molecule has 7 heteroatoms. The van der Waals surface area contributed by atoms with E-state index in [1.165, 1.54) is 0 Å². The molecule has 3 N–H and O–H groups in total. The molecule has 0 aliphatic heterocycles. The van der Waals surface area contributed by atoms with E-state index in [2.05, 4.69) is 5.43 Å². The van der Waals surface area contributed by atoms with Gasteiger partial charge in [-0.05, 0) is 0 Å². The number of hydrogen-bond acceptors (Lipinski definition) is 4. The van der Waals surface area contributed by atoms with Crippen molar-refractivity contribution >= 4 is 17.2 Å². The molecule has 0 aromatic carbocycles. The maximum absolute atomic E-state index is 9.82. The SMILES string of the molecule is O=C(O)CCNNS(=O)[O-]. The first-order chi connectivity index (χ1) is 4.63. The number of carbonyl (C=O) groups is 1. The molecular formula is C3H7N2O4S-. The van der Waals surface area contributed by atoms with Gasteiger partial charge in [0.05, 0.1) is 6.42 Å². The highest BCUT2D eigenvalue weighted by atomic mass is 32.2. The third-order valence-corrected chi connectivity index (χ3v) is 0.930. The first-order valence-corrected chi connectivity index (χ1v) is 3.50. The number of aliphatic carboxylic acids is 1. The average Bonchev–Trinajstić information content (AvgIpc) is 1.79. The van der Waals surface area contributed by atoms with Crippen LogP contribution in [0.15, 0.2) is 0 Å². The molecule has 60 valence electrons. The first kappa shape index (κ1) is 9.50. The molecule has 6 nitrogen and oxygen atoms in total. The van der Waals surface area contributed by atoms with Gasteiger partial charge in [-0.2, -0.15) is 4.83 Å². The molecule has 0 spiro atoms. The fourth-order valence-corrected chi connectivity index (χ4v) is 0.499. The van der Waals surface area contributed by atoms with Crippen molar-refractivity contribution in [3.63, 3.8) is 0 Å². The third kappa shape index (κ3) is 7.50. The Morgan fingerprint density at radius 1 is 1.70 bits per heavy atom. The lowest BCUT2D eigenvalue weighted by atomic mass is 10.4. The number of rotatable bonds is 5. The summed E-state index contributed by atoms with van der Waals surface area (Å²) in [4.78, 5) is 11.6. The largest absolute Gasteiger partial charge is 0.759 e. The Balaban J connectivity index is 3.06. The molecule has 0 rings (SSSR count). The van der Waals surface area contributed by atoms with Gasteiger partial charge in [-0.3, -0.25) is 9.00 Å². The van der Waals surface area contributed by atoms with Crippen molar-refractivity contribution in [2.75, 3.05) is 6.54 Å². The summed E-state index contributed by atoms with van der Waals surface area (Å²) >= 11 is -2.38. The molecule has 0 amide bonds. The number of hydrogen-bond donors (Lipinski definition) is 3. The molecule has 0 heterocycles. The van der Waals surface area contributed by atoms with Crippen molar-refractivity contribution in [1.82, 2.24) is 10.3 Å². The molecule has 0 radical (unpaired) electrons. The Labute approximate surface area is 60.0 Å². The highest BCUT2D eigenvalue weighted by Crippen LogP contribution is 1.72. The van der Waals surface area contributed by atoms with Crippen LogP contribution < -0.4 is 10.3 Å². The second-order valence-corrected chi connectivity index (χ2v) is 2.08. The van der Waals surface area contributed by atoms with Crippen LogP contribution in [0.25, 0.3) is 0 Å². The quantitative estimate of drug-likeness (QED) is 0.258. The van der Waals surface area contributed by atoms with E-state index in [0.717, 1.165) is 0 Å². The molecule has 0 fully saturated rings. The zero-order valence-corrected chi connectivity index (χ0v) is 5.81. The predicted octanol–water partition coefficient (Wildman–Crippen LogP) is -1.65. The first-order valence-electron chi connectivity index (χ1n) is 2.42. The molecule has 0 saturated carbocycles. The normalized spacial score (nSPS) is 12.9. The summed E-state index contributed by atoms with van der Waals surface area (Å²) in [5.41, 5.74) is 2.17. The van der Waals surface area contributed by atoms with E-state index in [9.17, 15) is 13.6 Å². The summed E-state index contributed by atoms with van der Waals surface area (Å²) in [7, 11) is 0. The van der Waals surface area contributed by atoms with E-state index in [0.29, 0.717) is 0 Å². The maximum atomic E-state index is 9.82. The van der Waals surface area contributed by atoms with E-state index in [1.807, 2.05) is 0 Å². The third-order valence-electron chi connectivity index (χ3n) is 0.619. The van der Waals surface area contributed by atoms with Gasteiger partial charge in [0.1, 0.15) is 0 Å². The molecule has 0 aliphatic rings. The van der Waals surface area contributed by atoms with Gasteiger partial charge in [-0.25, -0.2) is 5.43 Å².